The van der Waals surface area contributed by atoms with E-state index in [-0.39, 0.29) is 36.3 Å². The molecule has 0 saturated heterocycles. The molecule has 3 amide bonds. The number of ether oxygens (including phenoxy) is 3. The zero-order valence-corrected chi connectivity index (χ0v) is 30.0. The molecule has 14 heteroatoms. The third-order valence-corrected chi connectivity index (χ3v) is 7.68. The van der Waals surface area contributed by atoms with E-state index in [1.54, 1.807) is 87.5 Å². The van der Waals surface area contributed by atoms with Gasteiger partial charge < -0.3 is 45.5 Å². The molecule has 4 aromatic carbocycles. The van der Waals surface area contributed by atoms with Gasteiger partial charge in [-0.2, -0.15) is 0 Å². The normalized spacial score (nSPS) is 12.7. The third kappa shape index (κ3) is 13.0. The van der Waals surface area contributed by atoms with E-state index in [4.69, 9.17) is 19.3 Å². The number of rotatable bonds is 17. The number of aromatic carboxylic acids is 1. The molecule has 0 aliphatic rings. The molecule has 0 bridgehead atoms. The van der Waals surface area contributed by atoms with Crippen LogP contribution >= 0.6 is 0 Å². The van der Waals surface area contributed by atoms with Crippen LogP contribution in [0.2, 0.25) is 0 Å². The van der Waals surface area contributed by atoms with Crippen molar-refractivity contribution in [1.29, 1.82) is 0 Å². The van der Waals surface area contributed by atoms with E-state index in [0.29, 0.717) is 22.6 Å². The smallest absolute Gasteiger partial charge is 0.408 e. The number of aliphatic hydroxyl groups excluding tert-OH is 1. The molecule has 0 spiro atoms. The SMILES string of the molecule is CC(C)(C)OC(=O)N[C@@H](Cc1ccccc1)C(=O)N[C@@H](Cc1ccc(OCC(=O)O)c(C(=O)O)c1)C(=O)NCC(O)c1cccc(Oc2ccccc2)c1. The summed E-state index contributed by atoms with van der Waals surface area (Å²) in [6.45, 7) is 3.96. The third-order valence-electron chi connectivity index (χ3n) is 7.68. The topological polar surface area (TPSA) is 210 Å². The summed E-state index contributed by atoms with van der Waals surface area (Å²) in [6, 6.07) is 26.0. The first-order valence-corrected chi connectivity index (χ1v) is 17.0. The van der Waals surface area contributed by atoms with E-state index in [0.717, 1.165) is 0 Å². The Kier molecular flexibility index (Phi) is 14.1. The number of amides is 3. The molecular weight excluding hydrogens is 698 g/mol. The molecule has 3 atom stereocenters. The number of hydrogen-bond acceptors (Lipinski definition) is 9. The molecular formula is C40H43N3O11. The van der Waals surface area contributed by atoms with Crippen LogP contribution < -0.4 is 25.4 Å². The maximum absolute atomic E-state index is 13.9. The minimum Gasteiger partial charge on any atom is -0.481 e. The quantitative estimate of drug-likeness (QED) is 0.0877. The Balaban J connectivity index is 1.58. The van der Waals surface area contributed by atoms with Crippen molar-refractivity contribution in [2.24, 2.45) is 0 Å². The molecule has 0 aliphatic heterocycles. The summed E-state index contributed by atoms with van der Waals surface area (Å²) in [5.74, 6) is -3.33. The van der Waals surface area contributed by atoms with E-state index < -0.39 is 60.2 Å². The first kappa shape index (κ1) is 40.4. The Morgan fingerprint density at radius 3 is 1.98 bits per heavy atom. The number of para-hydroxylation sites is 1. The van der Waals surface area contributed by atoms with Crippen molar-refractivity contribution in [3.05, 3.63) is 125 Å². The van der Waals surface area contributed by atoms with Gasteiger partial charge in [-0.1, -0.05) is 66.7 Å². The van der Waals surface area contributed by atoms with Crippen LogP contribution in [0.4, 0.5) is 4.79 Å². The average molecular weight is 742 g/mol. The highest BCUT2D eigenvalue weighted by molar-refractivity contribution is 5.93. The fourth-order valence-electron chi connectivity index (χ4n) is 5.21. The average Bonchev–Trinajstić information content (AvgIpc) is 3.12. The zero-order chi connectivity index (χ0) is 39.3. The molecule has 0 saturated carbocycles. The van der Waals surface area contributed by atoms with Crippen molar-refractivity contribution in [1.82, 2.24) is 16.0 Å². The lowest BCUT2D eigenvalue weighted by Crippen LogP contribution is -2.55. The summed E-state index contributed by atoms with van der Waals surface area (Å²) in [5.41, 5.74) is 0.204. The molecule has 0 radical (unpaired) electrons. The first-order chi connectivity index (χ1) is 25.7. The molecule has 4 aromatic rings. The molecule has 1 unspecified atom stereocenters. The van der Waals surface area contributed by atoms with Gasteiger partial charge in [0, 0.05) is 19.4 Å². The number of hydrogen-bond donors (Lipinski definition) is 6. The van der Waals surface area contributed by atoms with Gasteiger partial charge in [-0.3, -0.25) is 9.59 Å². The van der Waals surface area contributed by atoms with Gasteiger partial charge in [-0.05, 0) is 73.9 Å². The van der Waals surface area contributed by atoms with Crippen LogP contribution in [0.1, 0.15) is 53.9 Å². The van der Waals surface area contributed by atoms with Crippen LogP contribution in [-0.4, -0.2) is 76.0 Å². The zero-order valence-electron chi connectivity index (χ0n) is 30.0. The van der Waals surface area contributed by atoms with Crippen molar-refractivity contribution in [3.8, 4) is 17.2 Å². The van der Waals surface area contributed by atoms with Gasteiger partial charge >= 0.3 is 18.0 Å². The molecule has 6 N–H and O–H groups in total. The van der Waals surface area contributed by atoms with Gasteiger partial charge in [0.15, 0.2) is 6.61 Å². The summed E-state index contributed by atoms with van der Waals surface area (Å²) < 4.78 is 16.4. The summed E-state index contributed by atoms with van der Waals surface area (Å²) in [4.78, 5) is 63.6. The second-order valence-electron chi connectivity index (χ2n) is 13.2. The van der Waals surface area contributed by atoms with Crippen LogP contribution in [0.5, 0.6) is 17.2 Å². The largest absolute Gasteiger partial charge is 0.481 e. The predicted molar refractivity (Wildman–Crippen MR) is 196 cm³/mol. The van der Waals surface area contributed by atoms with Crippen molar-refractivity contribution in [2.45, 2.75) is 57.4 Å². The Hall–Kier alpha value is -6.41. The molecule has 284 valence electrons. The van der Waals surface area contributed by atoms with Crippen LogP contribution in [0.3, 0.4) is 0 Å². The number of carbonyl (C=O) groups is 5. The van der Waals surface area contributed by atoms with Crippen molar-refractivity contribution in [3.63, 3.8) is 0 Å². The van der Waals surface area contributed by atoms with Crippen molar-refractivity contribution < 1.29 is 53.5 Å². The van der Waals surface area contributed by atoms with Crippen molar-refractivity contribution in [2.75, 3.05) is 13.2 Å². The minimum atomic E-state index is -1.41. The first-order valence-electron chi connectivity index (χ1n) is 17.0. The van der Waals surface area contributed by atoms with Crippen molar-refractivity contribution >= 4 is 29.8 Å². The lowest BCUT2D eigenvalue weighted by atomic mass is 10.0. The molecule has 0 aromatic heterocycles. The lowest BCUT2D eigenvalue weighted by molar-refractivity contribution is -0.139. The number of nitrogens with one attached hydrogen (secondary N) is 3. The Morgan fingerprint density at radius 1 is 0.704 bits per heavy atom. The van der Waals surface area contributed by atoms with Crippen LogP contribution in [0, 0.1) is 0 Å². The fourth-order valence-corrected chi connectivity index (χ4v) is 5.21. The van der Waals surface area contributed by atoms with Gasteiger partial charge in [-0.25, -0.2) is 14.4 Å². The molecule has 0 fully saturated rings. The van der Waals surface area contributed by atoms with Gasteiger partial charge in [0.2, 0.25) is 11.8 Å². The maximum atomic E-state index is 13.9. The molecule has 54 heavy (non-hydrogen) atoms. The van der Waals surface area contributed by atoms with Gasteiger partial charge in [-0.15, -0.1) is 0 Å². The van der Waals surface area contributed by atoms with E-state index in [1.807, 2.05) is 18.2 Å². The number of aliphatic carboxylic acids is 1. The molecule has 4 rings (SSSR count). The summed E-state index contributed by atoms with van der Waals surface area (Å²) in [5, 5.41) is 37.8. The summed E-state index contributed by atoms with van der Waals surface area (Å²) in [6.07, 6.45) is -2.24. The highest BCUT2D eigenvalue weighted by Crippen LogP contribution is 2.25. The standard InChI is InChI=1S/C40H43N3O11/c1-40(2,3)54-39(51)43-32(20-25-11-6-4-7-12-25)37(48)42-31(21-26-17-18-34(52-24-35(45)46)30(19-26)38(49)50)36(47)41-23-33(44)27-13-10-16-29(22-27)53-28-14-8-5-9-15-28/h4-19,22,31-33,44H,20-21,23-24H2,1-3H3,(H,41,47)(H,42,48)(H,43,51)(H,45,46)(H,49,50)/t31-,32-,33?/m0/s1. The fraction of sp³-hybridized carbons (Fsp3) is 0.275. The molecule has 14 nitrogen and oxygen atoms in total. The van der Waals surface area contributed by atoms with Crippen LogP contribution in [0.25, 0.3) is 0 Å². The van der Waals surface area contributed by atoms with E-state index in [1.165, 1.54) is 18.2 Å². The van der Waals surface area contributed by atoms with Crippen LogP contribution in [-0.2, 0) is 32.0 Å². The van der Waals surface area contributed by atoms with Gasteiger partial charge in [0.05, 0.1) is 6.10 Å². The Bertz CT molecular complexity index is 1910. The summed E-state index contributed by atoms with van der Waals surface area (Å²) in [7, 11) is 0. The molecule has 0 aliphatic carbocycles. The van der Waals surface area contributed by atoms with E-state index in [2.05, 4.69) is 16.0 Å². The monoisotopic (exact) mass is 741 g/mol. The van der Waals surface area contributed by atoms with Gasteiger partial charge in [0.25, 0.3) is 0 Å². The highest BCUT2D eigenvalue weighted by Gasteiger charge is 2.30. The number of benzene rings is 4. The maximum Gasteiger partial charge on any atom is 0.408 e. The summed E-state index contributed by atoms with van der Waals surface area (Å²) >= 11 is 0. The number of carbonyl (C=O) groups excluding carboxylic acids is 3. The molecule has 0 heterocycles. The van der Waals surface area contributed by atoms with E-state index in [9.17, 15) is 34.2 Å². The van der Waals surface area contributed by atoms with Gasteiger partial charge in [0.1, 0.15) is 40.5 Å². The Labute approximate surface area is 312 Å². The lowest BCUT2D eigenvalue weighted by Gasteiger charge is -2.26. The highest BCUT2D eigenvalue weighted by atomic mass is 16.6. The second-order valence-corrected chi connectivity index (χ2v) is 13.2. The number of aliphatic hydroxyl groups is 1. The predicted octanol–water partition coefficient (Wildman–Crippen LogP) is 4.65. The number of alkyl carbamates (subject to hydrolysis) is 1. The van der Waals surface area contributed by atoms with Crippen LogP contribution in [0.15, 0.2) is 103 Å². The minimum absolute atomic E-state index is 0.0408. The number of carboxylic acid groups (broad SMARTS) is 2. The Morgan fingerprint density at radius 2 is 1.33 bits per heavy atom. The number of carboxylic acids is 2. The van der Waals surface area contributed by atoms with E-state index >= 15 is 0 Å². The second kappa shape index (κ2) is 18.9.